The Morgan fingerprint density at radius 3 is 2.24 bits per heavy atom. The summed E-state index contributed by atoms with van der Waals surface area (Å²) in [5, 5.41) is 2.59. The first-order valence-corrected chi connectivity index (χ1v) is 9.22. The molecule has 0 radical (unpaired) electrons. The number of carbonyl (C=O) groups is 2. The molecule has 0 aromatic heterocycles. The van der Waals surface area contributed by atoms with E-state index in [9.17, 15) is 18.0 Å². The Bertz CT molecular complexity index is 685. The van der Waals surface area contributed by atoms with E-state index >= 15 is 0 Å². The van der Waals surface area contributed by atoms with Gasteiger partial charge in [-0.1, -0.05) is 0 Å². The number of rotatable bonds is 9. The Kier molecular flexibility index (Phi) is 8.01. The van der Waals surface area contributed by atoms with E-state index in [4.69, 9.17) is 9.47 Å². The summed E-state index contributed by atoms with van der Waals surface area (Å²) in [5.41, 5.74) is 0.154. The third kappa shape index (κ3) is 7.20. The quantitative estimate of drug-likeness (QED) is 0.617. The highest BCUT2D eigenvalue weighted by molar-refractivity contribution is 7.89. The van der Waals surface area contributed by atoms with E-state index in [0.717, 1.165) is 0 Å². The Labute approximate surface area is 147 Å². The van der Waals surface area contributed by atoms with E-state index in [1.807, 2.05) is 0 Å². The molecular weight excluding hydrogens is 348 g/mol. The van der Waals surface area contributed by atoms with Gasteiger partial charge in [0.05, 0.1) is 17.1 Å². The molecule has 1 amide bonds. The third-order valence-corrected chi connectivity index (χ3v) is 4.56. The summed E-state index contributed by atoms with van der Waals surface area (Å²) in [6, 6.07) is 4.82. The second kappa shape index (κ2) is 9.50. The van der Waals surface area contributed by atoms with E-state index in [1.54, 1.807) is 20.8 Å². The molecule has 0 heterocycles. The van der Waals surface area contributed by atoms with Crippen LogP contribution < -0.4 is 10.0 Å². The van der Waals surface area contributed by atoms with E-state index in [2.05, 4.69) is 10.0 Å². The summed E-state index contributed by atoms with van der Waals surface area (Å²) < 4.78 is 36.6. The monoisotopic (exact) mass is 372 g/mol. The van der Waals surface area contributed by atoms with Crippen molar-refractivity contribution in [3.63, 3.8) is 0 Å². The average Bonchev–Trinajstić information content (AvgIpc) is 2.51. The predicted molar refractivity (Wildman–Crippen MR) is 91.7 cm³/mol. The molecule has 2 N–H and O–H groups in total. The summed E-state index contributed by atoms with van der Waals surface area (Å²) in [4.78, 5) is 23.3. The minimum Gasteiger partial charge on any atom is -0.452 e. The molecule has 9 heteroatoms. The van der Waals surface area contributed by atoms with Crippen molar-refractivity contribution in [1.29, 1.82) is 0 Å². The lowest BCUT2D eigenvalue weighted by Crippen LogP contribution is -2.35. The van der Waals surface area contributed by atoms with Crippen molar-refractivity contribution in [2.45, 2.75) is 37.8 Å². The van der Waals surface area contributed by atoms with Crippen molar-refractivity contribution < 1.29 is 27.5 Å². The molecule has 25 heavy (non-hydrogen) atoms. The van der Waals surface area contributed by atoms with Crippen LogP contribution in [-0.4, -0.2) is 52.7 Å². The number of hydrogen-bond acceptors (Lipinski definition) is 6. The molecule has 8 nitrogen and oxygen atoms in total. The molecule has 140 valence electrons. The van der Waals surface area contributed by atoms with Gasteiger partial charge in [-0.05, 0) is 45.0 Å². The fourth-order valence-electron chi connectivity index (χ4n) is 1.97. The van der Waals surface area contributed by atoms with E-state index in [-0.39, 0.29) is 29.1 Å². The fourth-order valence-corrected chi connectivity index (χ4v) is 3.19. The molecule has 1 rings (SSSR count). The molecule has 0 aliphatic heterocycles. The van der Waals surface area contributed by atoms with Crippen molar-refractivity contribution in [3.8, 4) is 0 Å². The summed E-state index contributed by atoms with van der Waals surface area (Å²) in [7, 11) is -2.23. The molecule has 1 atom stereocenters. The van der Waals surface area contributed by atoms with Crippen LogP contribution in [-0.2, 0) is 24.3 Å². The highest BCUT2D eigenvalue weighted by Gasteiger charge is 2.18. The van der Waals surface area contributed by atoms with Crippen LogP contribution in [0.2, 0.25) is 0 Å². The minimum atomic E-state index is -3.71. The van der Waals surface area contributed by atoms with Crippen LogP contribution in [0.1, 0.15) is 31.1 Å². The predicted octanol–water partition coefficient (Wildman–Crippen LogP) is 0.681. The Morgan fingerprint density at radius 2 is 1.72 bits per heavy atom. The molecule has 0 saturated carbocycles. The van der Waals surface area contributed by atoms with Crippen LogP contribution in [0.15, 0.2) is 29.2 Å². The number of benzene rings is 1. The zero-order valence-corrected chi connectivity index (χ0v) is 15.6. The Morgan fingerprint density at radius 1 is 1.12 bits per heavy atom. The number of nitrogens with one attached hydrogen (secondary N) is 2. The number of hydrogen-bond donors (Lipinski definition) is 2. The van der Waals surface area contributed by atoms with Crippen molar-refractivity contribution in [1.82, 2.24) is 10.0 Å². The van der Waals surface area contributed by atoms with E-state index in [1.165, 1.54) is 31.4 Å². The second-order valence-corrected chi connectivity index (χ2v) is 7.51. The maximum Gasteiger partial charge on any atom is 0.338 e. The fraction of sp³-hybridized carbons (Fsp3) is 0.500. The topological polar surface area (TPSA) is 111 Å². The van der Waals surface area contributed by atoms with Gasteiger partial charge in [-0.3, -0.25) is 4.79 Å². The van der Waals surface area contributed by atoms with Gasteiger partial charge in [0.15, 0.2) is 6.61 Å². The van der Waals surface area contributed by atoms with Gasteiger partial charge in [-0.15, -0.1) is 0 Å². The van der Waals surface area contributed by atoms with Gasteiger partial charge in [-0.2, -0.15) is 0 Å². The van der Waals surface area contributed by atoms with Gasteiger partial charge in [0, 0.05) is 19.2 Å². The van der Waals surface area contributed by atoms with Gasteiger partial charge in [0.25, 0.3) is 5.91 Å². The number of methoxy groups -OCH3 is 1. The van der Waals surface area contributed by atoms with E-state index in [0.29, 0.717) is 0 Å². The lowest BCUT2D eigenvalue weighted by molar-refractivity contribution is -0.124. The van der Waals surface area contributed by atoms with Gasteiger partial charge in [-0.25, -0.2) is 17.9 Å². The average molecular weight is 372 g/mol. The number of sulfonamides is 1. The molecule has 0 fully saturated rings. The maximum atomic E-state index is 12.2. The highest BCUT2D eigenvalue weighted by Crippen LogP contribution is 2.12. The third-order valence-electron chi connectivity index (χ3n) is 2.96. The van der Waals surface area contributed by atoms with Crippen LogP contribution in [0, 0.1) is 0 Å². The molecule has 0 unspecified atom stereocenters. The van der Waals surface area contributed by atoms with Crippen molar-refractivity contribution in [2.75, 3.05) is 20.3 Å². The number of amides is 1. The summed E-state index contributed by atoms with van der Waals surface area (Å²) >= 11 is 0. The summed E-state index contributed by atoms with van der Waals surface area (Å²) in [5.74, 6) is -1.11. The first kappa shape index (κ1) is 21.1. The Hall–Kier alpha value is -1.97. The lowest BCUT2D eigenvalue weighted by atomic mass is 10.2. The van der Waals surface area contributed by atoms with Crippen LogP contribution >= 0.6 is 0 Å². The van der Waals surface area contributed by atoms with Gasteiger partial charge >= 0.3 is 5.97 Å². The molecule has 0 aliphatic rings. The van der Waals surface area contributed by atoms with Crippen LogP contribution in [0.5, 0.6) is 0 Å². The van der Waals surface area contributed by atoms with Crippen LogP contribution in [0.4, 0.5) is 0 Å². The molecule has 1 aromatic carbocycles. The standard InChI is InChI=1S/C16H24N2O6S/c1-11(2)17-15(19)10-24-16(20)13-5-7-14(8-6-13)25(21,22)18-12(3)9-23-4/h5-8,11-12,18H,9-10H2,1-4H3,(H,17,19)/t12-/m1/s1. The van der Waals surface area contributed by atoms with Crippen LogP contribution in [0.25, 0.3) is 0 Å². The number of ether oxygens (including phenoxy) is 2. The minimum absolute atomic E-state index is 0.0181. The Balaban J connectivity index is 2.69. The SMILES string of the molecule is COC[C@@H](C)NS(=O)(=O)c1ccc(C(=O)OCC(=O)NC(C)C)cc1. The van der Waals surface area contributed by atoms with Crippen molar-refractivity contribution >= 4 is 21.9 Å². The van der Waals surface area contributed by atoms with Crippen LogP contribution in [0.3, 0.4) is 0 Å². The normalized spacial score (nSPS) is 12.7. The lowest BCUT2D eigenvalue weighted by Gasteiger charge is -2.13. The molecular formula is C16H24N2O6S. The summed E-state index contributed by atoms with van der Waals surface area (Å²) in [6.45, 7) is 5.10. The van der Waals surface area contributed by atoms with Gasteiger partial charge in [0.1, 0.15) is 0 Å². The smallest absolute Gasteiger partial charge is 0.338 e. The van der Waals surface area contributed by atoms with Gasteiger partial charge < -0.3 is 14.8 Å². The second-order valence-electron chi connectivity index (χ2n) is 5.80. The number of carbonyl (C=O) groups excluding carboxylic acids is 2. The molecule has 0 saturated heterocycles. The van der Waals surface area contributed by atoms with Gasteiger partial charge in [0.2, 0.25) is 10.0 Å². The molecule has 1 aromatic rings. The van der Waals surface area contributed by atoms with E-state index < -0.39 is 28.5 Å². The largest absolute Gasteiger partial charge is 0.452 e. The molecule has 0 aliphatic carbocycles. The van der Waals surface area contributed by atoms with Crippen molar-refractivity contribution in [3.05, 3.63) is 29.8 Å². The first-order chi connectivity index (χ1) is 11.7. The molecule has 0 spiro atoms. The first-order valence-electron chi connectivity index (χ1n) is 7.73. The zero-order chi connectivity index (χ0) is 19.0. The summed E-state index contributed by atoms with van der Waals surface area (Å²) in [6.07, 6.45) is 0. The highest BCUT2D eigenvalue weighted by atomic mass is 32.2. The number of esters is 1. The molecule has 0 bridgehead atoms. The maximum absolute atomic E-state index is 12.2. The zero-order valence-electron chi connectivity index (χ0n) is 14.7. The van der Waals surface area contributed by atoms with Crippen molar-refractivity contribution in [2.24, 2.45) is 0 Å².